The smallest absolute Gasteiger partial charge is 0.122 e. The highest BCUT2D eigenvalue weighted by molar-refractivity contribution is 5.43. The maximum absolute atomic E-state index is 6.19. The van der Waals surface area contributed by atoms with E-state index in [0.29, 0.717) is 12.1 Å². The molecule has 2 rings (SSSR count). The van der Waals surface area contributed by atoms with Crippen LogP contribution >= 0.6 is 0 Å². The van der Waals surface area contributed by atoms with Crippen molar-refractivity contribution in [2.24, 2.45) is 5.73 Å². The van der Waals surface area contributed by atoms with E-state index >= 15 is 0 Å². The van der Waals surface area contributed by atoms with Crippen LogP contribution in [0.2, 0.25) is 0 Å². The van der Waals surface area contributed by atoms with Gasteiger partial charge in [0.2, 0.25) is 0 Å². The van der Waals surface area contributed by atoms with E-state index in [-0.39, 0.29) is 0 Å². The second kappa shape index (κ2) is 5.93. The molecule has 2 atom stereocenters. The van der Waals surface area contributed by atoms with Gasteiger partial charge in [0.1, 0.15) is 5.75 Å². The number of likely N-dealkylation sites (N-methyl/N-ethyl adjacent to an activating group) is 1. The van der Waals surface area contributed by atoms with Crippen molar-refractivity contribution in [3.63, 3.8) is 0 Å². The summed E-state index contributed by atoms with van der Waals surface area (Å²) >= 11 is 0. The molecule has 1 aliphatic rings. The number of rotatable bonds is 4. The molecule has 0 spiro atoms. The zero-order chi connectivity index (χ0) is 14.0. The highest BCUT2D eigenvalue weighted by Crippen LogP contribution is 2.27. The van der Waals surface area contributed by atoms with Crippen LogP contribution in [0, 0.1) is 13.8 Å². The Balaban J connectivity index is 2.13. The molecular weight excluding hydrogens is 236 g/mol. The Morgan fingerprint density at radius 1 is 1.26 bits per heavy atom. The number of hydrogen-bond donors (Lipinski definition) is 1. The largest absolute Gasteiger partial charge is 0.496 e. The molecule has 2 unspecified atom stereocenters. The van der Waals surface area contributed by atoms with E-state index in [1.54, 1.807) is 7.11 Å². The first-order valence-corrected chi connectivity index (χ1v) is 7.13. The normalized spacial score (nSPS) is 23.1. The van der Waals surface area contributed by atoms with Gasteiger partial charge in [-0.15, -0.1) is 0 Å². The van der Waals surface area contributed by atoms with Crippen molar-refractivity contribution in [1.82, 2.24) is 4.90 Å². The van der Waals surface area contributed by atoms with Gasteiger partial charge in [-0.25, -0.2) is 0 Å². The standard InChI is InChI=1S/C16H26N2O/c1-11-12(2)16(19-4)9-8-13(11)10-18(3)15-7-5-6-14(15)17/h8-9,14-15H,5-7,10,17H2,1-4H3. The van der Waals surface area contributed by atoms with Crippen LogP contribution < -0.4 is 10.5 Å². The summed E-state index contributed by atoms with van der Waals surface area (Å²) in [7, 11) is 3.92. The topological polar surface area (TPSA) is 38.5 Å². The zero-order valence-corrected chi connectivity index (χ0v) is 12.6. The van der Waals surface area contributed by atoms with E-state index in [4.69, 9.17) is 10.5 Å². The van der Waals surface area contributed by atoms with Crippen molar-refractivity contribution in [3.8, 4) is 5.75 Å². The number of methoxy groups -OCH3 is 1. The van der Waals surface area contributed by atoms with E-state index < -0.39 is 0 Å². The van der Waals surface area contributed by atoms with E-state index in [1.807, 2.05) is 0 Å². The SMILES string of the molecule is COc1ccc(CN(C)C2CCCC2N)c(C)c1C. The Kier molecular flexibility index (Phi) is 4.48. The summed E-state index contributed by atoms with van der Waals surface area (Å²) < 4.78 is 5.37. The average Bonchev–Trinajstić information content (AvgIpc) is 2.81. The molecule has 0 heterocycles. The molecule has 106 valence electrons. The Hall–Kier alpha value is -1.06. The number of nitrogens with zero attached hydrogens (tertiary/aromatic N) is 1. The molecule has 3 heteroatoms. The second-order valence-electron chi connectivity index (χ2n) is 5.75. The summed E-state index contributed by atoms with van der Waals surface area (Å²) in [4.78, 5) is 2.41. The minimum Gasteiger partial charge on any atom is -0.496 e. The van der Waals surface area contributed by atoms with Gasteiger partial charge >= 0.3 is 0 Å². The summed E-state index contributed by atoms with van der Waals surface area (Å²) in [6.45, 7) is 5.27. The molecule has 0 aromatic heterocycles. The van der Waals surface area contributed by atoms with Crippen LogP contribution in [-0.4, -0.2) is 31.1 Å². The first kappa shape index (κ1) is 14.4. The molecule has 1 aromatic carbocycles. The van der Waals surface area contributed by atoms with Gasteiger partial charge in [-0.1, -0.05) is 12.5 Å². The molecule has 2 N–H and O–H groups in total. The van der Waals surface area contributed by atoms with Gasteiger partial charge in [-0.2, -0.15) is 0 Å². The molecule has 1 aliphatic carbocycles. The van der Waals surface area contributed by atoms with E-state index in [9.17, 15) is 0 Å². The maximum atomic E-state index is 6.19. The number of hydrogen-bond acceptors (Lipinski definition) is 3. The average molecular weight is 262 g/mol. The van der Waals surface area contributed by atoms with E-state index in [0.717, 1.165) is 18.7 Å². The third kappa shape index (κ3) is 2.93. The quantitative estimate of drug-likeness (QED) is 0.906. The minimum atomic E-state index is 0.338. The molecule has 19 heavy (non-hydrogen) atoms. The van der Waals surface area contributed by atoms with Crippen LogP contribution in [0.1, 0.15) is 36.0 Å². The minimum absolute atomic E-state index is 0.338. The van der Waals surface area contributed by atoms with Crippen LogP contribution in [0.5, 0.6) is 5.75 Å². The zero-order valence-electron chi connectivity index (χ0n) is 12.6. The van der Waals surface area contributed by atoms with E-state index in [2.05, 4.69) is 37.9 Å². The molecule has 0 amide bonds. The molecule has 1 aromatic rings. The van der Waals surface area contributed by atoms with Gasteiger partial charge in [0, 0.05) is 18.6 Å². The Bertz CT molecular complexity index is 445. The lowest BCUT2D eigenvalue weighted by Gasteiger charge is -2.28. The summed E-state index contributed by atoms with van der Waals surface area (Å²) in [6.07, 6.45) is 3.65. The van der Waals surface area contributed by atoms with Crippen LogP contribution in [0.15, 0.2) is 12.1 Å². The lowest BCUT2D eigenvalue weighted by Crippen LogP contribution is -2.41. The van der Waals surface area contributed by atoms with Gasteiger partial charge in [0.25, 0.3) is 0 Å². The van der Waals surface area contributed by atoms with Gasteiger partial charge in [-0.3, -0.25) is 4.90 Å². The summed E-state index contributed by atoms with van der Waals surface area (Å²) in [5.41, 5.74) is 10.1. The molecule has 1 saturated carbocycles. The fourth-order valence-electron chi connectivity index (χ4n) is 3.15. The predicted octanol–water partition coefficient (Wildman–Crippen LogP) is 2.62. The number of ether oxygens (including phenoxy) is 1. The second-order valence-corrected chi connectivity index (χ2v) is 5.75. The van der Waals surface area contributed by atoms with Crippen LogP contribution in [0.4, 0.5) is 0 Å². The molecule has 0 bridgehead atoms. The summed E-state index contributed by atoms with van der Waals surface area (Å²) in [5.74, 6) is 0.974. The maximum Gasteiger partial charge on any atom is 0.122 e. The van der Waals surface area contributed by atoms with Crippen LogP contribution in [-0.2, 0) is 6.54 Å². The fraction of sp³-hybridized carbons (Fsp3) is 0.625. The molecule has 0 saturated heterocycles. The first-order valence-electron chi connectivity index (χ1n) is 7.13. The van der Waals surface area contributed by atoms with Crippen molar-refractivity contribution in [2.45, 2.75) is 51.7 Å². The van der Waals surface area contributed by atoms with Crippen molar-refractivity contribution >= 4 is 0 Å². The lowest BCUT2D eigenvalue weighted by atomic mass is 10.0. The number of benzene rings is 1. The van der Waals surface area contributed by atoms with Crippen LogP contribution in [0.25, 0.3) is 0 Å². The fourth-order valence-corrected chi connectivity index (χ4v) is 3.15. The van der Waals surface area contributed by atoms with Gasteiger partial charge in [0.05, 0.1) is 7.11 Å². The Morgan fingerprint density at radius 2 is 2.00 bits per heavy atom. The van der Waals surface area contributed by atoms with Crippen molar-refractivity contribution < 1.29 is 4.74 Å². The van der Waals surface area contributed by atoms with Crippen molar-refractivity contribution in [3.05, 3.63) is 28.8 Å². The molecule has 0 radical (unpaired) electrons. The highest BCUT2D eigenvalue weighted by Gasteiger charge is 2.27. The van der Waals surface area contributed by atoms with Crippen molar-refractivity contribution in [2.75, 3.05) is 14.2 Å². The van der Waals surface area contributed by atoms with E-state index in [1.165, 1.54) is 29.5 Å². The van der Waals surface area contributed by atoms with Gasteiger partial charge in [0.15, 0.2) is 0 Å². The van der Waals surface area contributed by atoms with Gasteiger partial charge < -0.3 is 10.5 Å². The monoisotopic (exact) mass is 262 g/mol. The summed E-state index contributed by atoms with van der Waals surface area (Å²) in [6, 6.07) is 5.12. The lowest BCUT2D eigenvalue weighted by molar-refractivity contribution is 0.220. The predicted molar refractivity (Wildman–Crippen MR) is 79.5 cm³/mol. The first-order chi connectivity index (χ1) is 9.04. The molecule has 1 fully saturated rings. The summed E-state index contributed by atoms with van der Waals surface area (Å²) in [5, 5.41) is 0. The molecule has 3 nitrogen and oxygen atoms in total. The third-order valence-electron chi connectivity index (χ3n) is 4.59. The Labute approximate surface area is 116 Å². The van der Waals surface area contributed by atoms with Crippen LogP contribution in [0.3, 0.4) is 0 Å². The van der Waals surface area contributed by atoms with Gasteiger partial charge in [-0.05, 0) is 56.5 Å². The number of nitrogens with two attached hydrogens (primary N) is 1. The highest BCUT2D eigenvalue weighted by atomic mass is 16.5. The Morgan fingerprint density at radius 3 is 2.58 bits per heavy atom. The molecular formula is C16H26N2O. The molecule has 0 aliphatic heterocycles. The third-order valence-corrected chi connectivity index (χ3v) is 4.59. The van der Waals surface area contributed by atoms with Crippen molar-refractivity contribution in [1.29, 1.82) is 0 Å².